The summed E-state index contributed by atoms with van der Waals surface area (Å²) in [6, 6.07) is 7.97. The summed E-state index contributed by atoms with van der Waals surface area (Å²) < 4.78 is 5.37. The molecule has 0 bridgehead atoms. The molecule has 1 amide bonds. The highest BCUT2D eigenvalue weighted by Gasteiger charge is 2.41. The number of hydrogen-bond acceptors (Lipinski definition) is 5. The molecule has 2 aliphatic heterocycles. The summed E-state index contributed by atoms with van der Waals surface area (Å²) in [7, 11) is 2.18. The first kappa shape index (κ1) is 18.2. The largest absolute Gasteiger partial charge is 0.342 e. The number of aromatic nitrogens is 2. The zero-order valence-electron chi connectivity index (χ0n) is 16.3. The first-order chi connectivity index (χ1) is 13.0. The smallest absolute Gasteiger partial charge is 0.227 e. The molecule has 6 nitrogen and oxygen atoms in total. The lowest BCUT2D eigenvalue weighted by Gasteiger charge is -2.37. The fourth-order valence-electron chi connectivity index (χ4n) is 4.31. The molecule has 0 unspecified atom stereocenters. The number of piperidine rings is 1. The topological polar surface area (TPSA) is 62.5 Å². The zero-order valence-corrected chi connectivity index (χ0v) is 16.3. The number of amides is 1. The van der Waals surface area contributed by atoms with E-state index in [1.54, 1.807) is 0 Å². The number of hydrogen-bond donors (Lipinski definition) is 0. The molecule has 27 heavy (non-hydrogen) atoms. The van der Waals surface area contributed by atoms with Crippen LogP contribution in [0.3, 0.4) is 0 Å². The summed E-state index contributed by atoms with van der Waals surface area (Å²) in [5.41, 5.74) is 2.44. The van der Waals surface area contributed by atoms with E-state index in [2.05, 4.69) is 22.1 Å². The molecule has 1 aromatic heterocycles. The van der Waals surface area contributed by atoms with Crippen LogP contribution in [0.5, 0.6) is 0 Å². The van der Waals surface area contributed by atoms with Gasteiger partial charge in [-0.25, -0.2) is 0 Å². The van der Waals surface area contributed by atoms with Crippen molar-refractivity contribution in [3.05, 3.63) is 35.7 Å². The van der Waals surface area contributed by atoms with Crippen molar-refractivity contribution in [1.29, 1.82) is 0 Å². The van der Waals surface area contributed by atoms with Crippen molar-refractivity contribution in [2.24, 2.45) is 5.41 Å². The van der Waals surface area contributed by atoms with Crippen LogP contribution in [0.2, 0.25) is 0 Å². The van der Waals surface area contributed by atoms with Crippen LogP contribution < -0.4 is 0 Å². The highest BCUT2D eigenvalue weighted by Crippen LogP contribution is 2.40. The van der Waals surface area contributed by atoms with Gasteiger partial charge in [-0.15, -0.1) is 0 Å². The van der Waals surface area contributed by atoms with Gasteiger partial charge in [0.05, 0.1) is 0 Å². The van der Waals surface area contributed by atoms with Crippen molar-refractivity contribution in [2.75, 3.05) is 33.2 Å². The first-order valence-electron chi connectivity index (χ1n) is 9.90. The molecule has 0 radical (unpaired) electrons. The fraction of sp³-hybridized carbons (Fsp3) is 0.571. The maximum Gasteiger partial charge on any atom is 0.227 e. The number of benzene rings is 1. The molecule has 2 fully saturated rings. The zero-order chi connectivity index (χ0) is 18.9. The molecule has 2 saturated heterocycles. The average molecular weight is 368 g/mol. The summed E-state index contributed by atoms with van der Waals surface area (Å²) in [5.74, 6) is 1.35. The van der Waals surface area contributed by atoms with Gasteiger partial charge in [-0.2, -0.15) is 4.98 Å². The van der Waals surface area contributed by atoms with E-state index in [1.807, 2.05) is 36.1 Å². The van der Waals surface area contributed by atoms with Crippen molar-refractivity contribution < 1.29 is 9.32 Å². The molecule has 1 spiro atoms. The summed E-state index contributed by atoms with van der Waals surface area (Å²) in [4.78, 5) is 21.6. The maximum atomic E-state index is 12.7. The molecule has 2 aromatic rings. The van der Waals surface area contributed by atoms with E-state index in [1.165, 1.54) is 12.8 Å². The Morgan fingerprint density at radius 3 is 2.70 bits per heavy atom. The van der Waals surface area contributed by atoms with Gasteiger partial charge in [0.25, 0.3) is 0 Å². The second kappa shape index (κ2) is 7.43. The van der Waals surface area contributed by atoms with Crippen LogP contribution in [0.1, 0.15) is 37.1 Å². The van der Waals surface area contributed by atoms with Crippen LogP contribution in [-0.4, -0.2) is 59.1 Å². The van der Waals surface area contributed by atoms with Crippen LogP contribution >= 0.6 is 0 Å². The van der Waals surface area contributed by atoms with E-state index in [9.17, 15) is 4.79 Å². The van der Waals surface area contributed by atoms with Gasteiger partial charge in [-0.1, -0.05) is 29.4 Å². The SMILES string of the molecule is Cc1ccccc1-c1noc(CCC(=O)N2CCC3(CCN(C)CC3)C2)n1. The minimum absolute atomic E-state index is 0.210. The Morgan fingerprint density at radius 2 is 1.93 bits per heavy atom. The van der Waals surface area contributed by atoms with Gasteiger partial charge in [-0.3, -0.25) is 4.79 Å². The normalized spacial score (nSPS) is 19.7. The van der Waals surface area contributed by atoms with Crippen LogP contribution in [0.4, 0.5) is 0 Å². The number of carbonyl (C=O) groups excluding carboxylic acids is 1. The molecular weight excluding hydrogens is 340 g/mol. The monoisotopic (exact) mass is 368 g/mol. The quantitative estimate of drug-likeness (QED) is 0.830. The van der Waals surface area contributed by atoms with Crippen molar-refractivity contribution in [1.82, 2.24) is 19.9 Å². The second-order valence-corrected chi connectivity index (χ2v) is 8.20. The number of carbonyl (C=O) groups is 1. The molecule has 4 rings (SSSR count). The van der Waals surface area contributed by atoms with Crippen molar-refractivity contribution >= 4 is 5.91 Å². The highest BCUT2D eigenvalue weighted by atomic mass is 16.5. The van der Waals surface area contributed by atoms with E-state index < -0.39 is 0 Å². The molecule has 0 saturated carbocycles. The lowest BCUT2D eigenvalue weighted by molar-refractivity contribution is -0.130. The third-order valence-electron chi connectivity index (χ3n) is 6.25. The van der Waals surface area contributed by atoms with Gasteiger partial charge >= 0.3 is 0 Å². The fourth-order valence-corrected chi connectivity index (χ4v) is 4.31. The van der Waals surface area contributed by atoms with E-state index in [4.69, 9.17) is 4.52 Å². The second-order valence-electron chi connectivity index (χ2n) is 8.20. The van der Waals surface area contributed by atoms with Crippen LogP contribution in [-0.2, 0) is 11.2 Å². The summed E-state index contributed by atoms with van der Waals surface area (Å²) in [6.45, 7) is 6.12. The standard InChI is InChI=1S/C21H28N4O2/c1-16-5-3-4-6-17(16)20-22-18(27-23-20)7-8-19(26)25-14-11-21(15-25)9-12-24(2)13-10-21/h3-6H,7-15H2,1-2H3. The molecule has 0 atom stereocenters. The van der Waals surface area contributed by atoms with Crippen molar-refractivity contribution in [3.63, 3.8) is 0 Å². The Bertz CT molecular complexity index is 808. The maximum absolute atomic E-state index is 12.7. The van der Waals surface area contributed by atoms with Crippen LogP contribution in [0.25, 0.3) is 11.4 Å². The average Bonchev–Trinajstić information content (AvgIpc) is 3.31. The molecule has 0 aliphatic carbocycles. The Kier molecular flexibility index (Phi) is 5.00. The summed E-state index contributed by atoms with van der Waals surface area (Å²) in [6.07, 6.45) is 4.49. The summed E-state index contributed by atoms with van der Waals surface area (Å²) in [5, 5.41) is 4.08. The van der Waals surface area contributed by atoms with E-state index in [0.29, 0.717) is 30.0 Å². The molecule has 2 aliphatic rings. The van der Waals surface area contributed by atoms with Crippen LogP contribution in [0.15, 0.2) is 28.8 Å². The van der Waals surface area contributed by atoms with Gasteiger partial charge in [0.1, 0.15) is 0 Å². The predicted octanol–water partition coefficient (Wildman–Crippen LogP) is 2.92. The Morgan fingerprint density at radius 1 is 1.19 bits per heavy atom. The van der Waals surface area contributed by atoms with Crippen LogP contribution in [0, 0.1) is 12.3 Å². The van der Waals surface area contributed by atoms with Gasteiger partial charge in [-0.05, 0) is 57.3 Å². The molecular formula is C21H28N4O2. The minimum atomic E-state index is 0.210. The molecule has 0 N–H and O–H groups in total. The van der Waals surface area contributed by atoms with Crippen molar-refractivity contribution in [2.45, 2.75) is 39.0 Å². The number of rotatable bonds is 4. The minimum Gasteiger partial charge on any atom is -0.342 e. The lowest BCUT2D eigenvalue weighted by atomic mass is 9.78. The summed E-state index contributed by atoms with van der Waals surface area (Å²) >= 11 is 0. The van der Waals surface area contributed by atoms with E-state index >= 15 is 0 Å². The third-order valence-corrected chi connectivity index (χ3v) is 6.25. The number of likely N-dealkylation sites (tertiary alicyclic amines) is 2. The highest BCUT2D eigenvalue weighted by molar-refractivity contribution is 5.76. The molecule has 6 heteroatoms. The van der Waals surface area contributed by atoms with Gasteiger partial charge in [0.15, 0.2) is 0 Å². The van der Waals surface area contributed by atoms with Gasteiger partial charge in [0.2, 0.25) is 17.6 Å². The Hall–Kier alpha value is -2.21. The van der Waals surface area contributed by atoms with Gasteiger partial charge < -0.3 is 14.3 Å². The Balaban J connectivity index is 1.32. The lowest BCUT2D eigenvalue weighted by Crippen LogP contribution is -2.40. The van der Waals surface area contributed by atoms with Gasteiger partial charge in [0, 0.05) is 31.5 Å². The van der Waals surface area contributed by atoms with E-state index in [-0.39, 0.29) is 5.91 Å². The van der Waals surface area contributed by atoms with Crippen molar-refractivity contribution in [3.8, 4) is 11.4 Å². The van der Waals surface area contributed by atoms with E-state index in [0.717, 1.165) is 43.7 Å². The molecule has 3 heterocycles. The number of aryl methyl sites for hydroxylation is 2. The third kappa shape index (κ3) is 3.90. The first-order valence-corrected chi connectivity index (χ1v) is 9.90. The Labute approximate surface area is 160 Å². The molecule has 1 aromatic carbocycles. The predicted molar refractivity (Wildman–Crippen MR) is 103 cm³/mol. The number of nitrogens with zero attached hydrogens (tertiary/aromatic N) is 4. The molecule has 144 valence electrons.